The summed E-state index contributed by atoms with van der Waals surface area (Å²) in [5.74, 6) is -1.38. The van der Waals surface area contributed by atoms with E-state index in [0.717, 1.165) is 0 Å². The molecule has 0 spiro atoms. The molecule has 1 rings (SSSR count). The van der Waals surface area contributed by atoms with E-state index in [2.05, 4.69) is 0 Å². The molecule has 0 saturated heterocycles. The topological polar surface area (TPSA) is 23.8 Å². The van der Waals surface area contributed by atoms with Crippen molar-refractivity contribution in [3.05, 3.63) is 0 Å². The van der Waals surface area contributed by atoms with Crippen LogP contribution >= 0.6 is 0 Å². The predicted molar refractivity (Wildman–Crippen MR) is 27.9 cm³/mol. The third-order valence-electron chi connectivity index (χ3n) is 1.89. The first-order valence-electron chi connectivity index (χ1n) is 2.88. The van der Waals surface area contributed by atoms with Gasteiger partial charge in [0.05, 0.1) is 17.4 Å². The third kappa shape index (κ3) is 0.962. The summed E-state index contributed by atoms with van der Waals surface area (Å²) in [5.41, 5.74) is -1.13. The first-order chi connectivity index (χ1) is 4.40. The molecule has 0 amide bonds. The Kier molecular flexibility index (Phi) is 1.22. The van der Waals surface area contributed by atoms with Crippen molar-refractivity contribution in [2.75, 3.05) is 0 Å². The van der Waals surface area contributed by atoms with Gasteiger partial charge in [-0.25, -0.2) is 0 Å². The van der Waals surface area contributed by atoms with Crippen LogP contribution in [0, 0.1) is 22.7 Å². The normalized spacial score (nSPS) is 38.9. The van der Waals surface area contributed by atoms with Gasteiger partial charge in [0.2, 0.25) is 0 Å². The second kappa shape index (κ2) is 1.66. The summed E-state index contributed by atoms with van der Waals surface area (Å²) in [7, 11) is 0. The standard InChI is InChI=1S/C6H6F3N/c1-5(3-10)2-4(5)6(7,8)9/h4H,2H2,1H3/t4-,5-/m0/s1. The summed E-state index contributed by atoms with van der Waals surface area (Å²) >= 11 is 0. The molecule has 0 aromatic rings. The molecule has 1 fully saturated rings. The second-order valence-electron chi connectivity index (χ2n) is 2.83. The second-order valence-corrected chi connectivity index (χ2v) is 2.83. The largest absolute Gasteiger partial charge is 0.393 e. The van der Waals surface area contributed by atoms with Gasteiger partial charge in [0.1, 0.15) is 0 Å². The van der Waals surface area contributed by atoms with E-state index in [0.29, 0.717) is 0 Å². The fourth-order valence-corrected chi connectivity index (χ4v) is 0.966. The maximum Gasteiger partial charge on any atom is 0.393 e. The van der Waals surface area contributed by atoms with Gasteiger partial charge in [0.25, 0.3) is 0 Å². The predicted octanol–water partition coefficient (Wildman–Crippen LogP) is 2.10. The molecule has 56 valence electrons. The number of hydrogen-bond acceptors (Lipinski definition) is 1. The van der Waals surface area contributed by atoms with Crippen LogP contribution in [-0.4, -0.2) is 6.18 Å². The van der Waals surface area contributed by atoms with Gasteiger partial charge >= 0.3 is 6.18 Å². The summed E-state index contributed by atoms with van der Waals surface area (Å²) in [4.78, 5) is 0. The van der Waals surface area contributed by atoms with Crippen molar-refractivity contribution in [1.29, 1.82) is 5.26 Å². The minimum absolute atomic E-state index is 0.0347. The average molecular weight is 149 g/mol. The number of alkyl halides is 3. The number of hydrogen-bond donors (Lipinski definition) is 0. The highest BCUT2D eigenvalue weighted by Crippen LogP contribution is 2.59. The van der Waals surface area contributed by atoms with Crippen LogP contribution in [0.1, 0.15) is 13.3 Å². The molecule has 1 aliphatic carbocycles. The summed E-state index contributed by atoms with van der Waals surface area (Å²) in [6.07, 6.45) is -4.21. The Morgan fingerprint density at radius 3 is 2.20 bits per heavy atom. The summed E-state index contributed by atoms with van der Waals surface area (Å²) < 4.78 is 35.3. The van der Waals surface area contributed by atoms with Crippen molar-refractivity contribution in [3.8, 4) is 6.07 Å². The quantitative estimate of drug-likeness (QED) is 0.517. The highest BCUT2D eigenvalue weighted by molar-refractivity contribution is 5.15. The van der Waals surface area contributed by atoms with E-state index in [4.69, 9.17) is 5.26 Å². The van der Waals surface area contributed by atoms with Crippen LogP contribution in [0.4, 0.5) is 13.2 Å². The molecule has 0 heterocycles. The van der Waals surface area contributed by atoms with Gasteiger partial charge in [-0.2, -0.15) is 18.4 Å². The molecule has 1 saturated carbocycles. The minimum atomic E-state index is -4.18. The van der Waals surface area contributed by atoms with Crippen molar-refractivity contribution in [2.24, 2.45) is 11.3 Å². The van der Waals surface area contributed by atoms with Crippen LogP contribution in [0.2, 0.25) is 0 Å². The Labute approximate surface area is 56.4 Å². The number of nitriles is 1. The van der Waals surface area contributed by atoms with E-state index in [9.17, 15) is 13.2 Å². The summed E-state index contributed by atoms with van der Waals surface area (Å²) in [5, 5.41) is 8.25. The van der Waals surface area contributed by atoms with E-state index in [1.165, 1.54) is 6.92 Å². The van der Waals surface area contributed by atoms with Crippen LogP contribution in [0.3, 0.4) is 0 Å². The molecule has 0 bridgehead atoms. The van der Waals surface area contributed by atoms with Gasteiger partial charge in [-0.1, -0.05) is 0 Å². The molecular formula is C6H6F3N. The highest BCUT2D eigenvalue weighted by Gasteiger charge is 2.64. The number of rotatable bonds is 0. The van der Waals surface area contributed by atoms with Gasteiger partial charge in [-0.15, -0.1) is 0 Å². The molecule has 0 aliphatic heterocycles. The zero-order valence-corrected chi connectivity index (χ0v) is 5.37. The van der Waals surface area contributed by atoms with E-state index in [-0.39, 0.29) is 6.42 Å². The van der Waals surface area contributed by atoms with Crippen molar-refractivity contribution < 1.29 is 13.2 Å². The average Bonchev–Trinajstić information content (AvgIpc) is 2.43. The lowest BCUT2D eigenvalue weighted by Crippen LogP contribution is -2.14. The Morgan fingerprint density at radius 2 is 2.10 bits per heavy atom. The Balaban J connectivity index is 2.63. The van der Waals surface area contributed by atoms with E-state index < -0.39 is 17.5 Å². The maximum atomic E-state index is 11.8. The van der Waals surface area contributed by atoms with Crippen molar-refractivity contribution >= 4 is 0 Å². The van der Waals surface area contributed by atoms with Crippen LogP contribution in [0.5, 0.6) is 0 Å². The van der Waals surface area contributed by atoms with Gasteiger partial charge < -0.3 is 0 Å². The van der Waals surface area contributed by atoms with Crippen LogP contribution < -0.4 is 0 Å². The third-order valence-corrected chi connectivity index (χ3v) is 1.89. The molecule has 0 N–H and O–H groups in total. The summed E-state index contributed by atoms with van der Waals surface area (Å²) in [6, 6.07) is 1.65. The molecule has 0 aromatic heterocycles. The molecule has 2 atom stereocenters. The van der Waals surface area contributed by atoms with Gasteiger partial charge in [-0.3, -0.25) is 0 Å². The molecule has 0 radical (unpaired) electrons. The molecule has 0 aromatic carbocycles. The fraction of sp³-hybridized carbons (Fsp3) is 0.833. The van der Waals surface area contributed by atoms with Crippen molar-refractivity contribution in [1.82, 2.24) is 0 Å². The highest BCUT2D eigenvalue weighted by atomic mass is 19.4. The number of nitrogens with zero attached hydrogens (tertiary/aromatic N) is 1. The maximum absolute atomic E-state index is 11.8. The SMILES string of the molecule is C[C@@]1(C#N)C[C@@H]1C(F)(F)F. The van der Waals surface area contributed by atoms with Gasteiger partial charge in [-0.05, 0) is 13.3 Å². The van der Waals surface area contributed by atoms with E-state index in [1.807, 2.05) is 0 Å². The molecule has 1 nitrogen and oxygen atoms in total. The smallest absolute Gasteiger partial charge is 0.198 e. The van der Waals surface area contributed by atoms with E-state index in [1.54, 1.807) is 6.07 Å². The van der Waals surface area contributed by atoms with Crippen LogP contribution in [0.25, 0.3) is 0 Å². The zero-order chi connectivity index (χ0) is 7.99. The molecule has 0 unspecified atom stereocenters. The Morgan fingerprint density at radius 1 is 1.60 bits per heavy atom. The molecule has 1 aliphatic rings. The zero-order valence-electron chi connectivity index (χ0n) is 5.37. The molecule has 10 heavy (non-hydrogen) atoms. The Bertz CT molecular complexity index is 190. The van der Waals surface area contributed by atoms with Crippen LogP contribution in [0.15, 0.2) is 0 Å². The molecule has 4 heteroatoms. The molecular weight excluding hydrogens is 143 g/mol. The lowest BCUT2D eigenvalue weighted by Gasteiger charge is -2.04. The lowest BCUT2D eigenvalue weighted by molar-refractivity contribution is -0.153. The van der Waals surface area contributed by atoms with Crippen molar-refractivity contribution in [3.63, 3.8) is 0 Å². The first-order valence-corrected chi connectivity index (χ1v) is 2.88. The van der Waals surface area contributed by atoms with E-state index >= 15 is 0 Å². The monoisotopic (exact) mass is 149 g/mol. The number of halogens is 3. The van der Waals surface area contributed by atoms with Crippen molar-refractivity contribution in [2.45, 2.75) is 19.5 Å². The minimum Gasteiger partial charge on any atom is -0.198 e. The first kappa shape index (κ1) is 7.39. The van der Waals surface area contributed by atoms with Gasteiger partial charge in [0.15, 0.2) is 0 Å². The summed E-state index contributed by atoms with van der Waals surface area (Å²) in [6.45, 7) is 1.34. The van der Waals surface area contributed by atoms with Crippen LogP contribution in [-0.2, 0) is 0 Å². The Hall–Kier alpha value is -0.720. The fourth-order valence-electron chi connectivity index (χ4n) is 0.966. The lowest BCUT2D eigenvalue weighted by atomic mass is 10.1. The van der Waals surface area contributed by atoms with Gasteiger partial charge in [0, 0.05) is 0 Å².